The molecule has 0 saturated heterocycles. The Balaban J connectivity index is 1.89. The van der Waals surface area contributed by atoms with Crippen LogP contribution in [-0.4, -0.2) is 11.6 Å². The number of nitrogens with zero attached hydrogens (tertiary/aromatic N) is 1. The SMILES string of the molecule is CCCCCCCCCCCCCCCCCC(=O)NN=C(C)C=Cc1ccccc1. The Morgan fingerprint density at radius 3 is 1.77 bits per heavy atom. The van der Waals surface area contributed by atoms with Crippen LogP contribution in [0.25, 0.3) is 6.08 Å². The van der Waals surface area contributed by atoms with Crippen molar-refractivity contribution < 1.29 is 4.79 Å². The van der Waals surface area contributed by atoms with Crippen LogP contribution in [0.5, 0.6) is 0 Å². The number of carbonyl (C=O) groups excluding carboxylic acids is 1. The zero-order valence-electron chi connectivity index (χ0n) is 20.2. The van der Waals surface area contributed by atoms with Crippen molar-refractivity contribution in [2.24, 2.45) is 5.10 Å². The molecule has 1 amide bonds. The number of hydrogen-bond acceptors (Lipinski definition) is 2. The molecule has 0 saturated carbocycles. The van der Waals surface area contributed by atoms with Crippen molar-refractivity contribution in [2.45, 2.75) is 117 Å². The van der Waals surface area contributed by atoms with Gasteiger partial charge in [-0.1, -0.05) is 133 Å². The molecular weight excluding hydrogens is 380 g/mol. The van der Waals surface area contributed by atoms with Crippen molar-refractivity contribution in [2.75, 3.05) is 0 Å². The molecule has 0 radical (unpaired) electrons. The van der Waals surface area contributed by atoms with E-state index in [1.807, 2.05) is 49.4 Å². The Hall–Kier alpha value is -1.90. The van der Waals surface area contributed by atoms with Crippen LogP contribution in [0.15, 0.2) is 41.5 Å². The van der Waals surface area contributed by atoms with E-state index >= 15 is 0 Å². The number of rotatable bonds is 19. The Morgan fingerprint density at radius 2 is 1.26 bits per heavy atom. The van der Waals surface area contributed by atoms with Gasteiger partial charge in [0.2, 0.25) is 5.91 Å². The summed E-state index contributed by atoms with van der Waals surface area (Å²) in [5.74, 6) is 0.0159. The quantitative estimate of drug-likeness (QED) is 0.134. The summed E-state index contributed by atoms with van der Waals surface area (Å²) in [6.07, 6.45) is 24.6. The van der Waals surface area contributed by atoms with Gasteiger partial charge >= 0.3 is 0 Å². The lowest BCUT2D eigenvalue weighted by molar-refractivity contribution is -0.121. The van der Waals surface area contributed by atoms with Crippen LogP contribution in [0.4, 0.5) is 0 Å². The highest BCUT2D eigenvalue weighted by Crippen LogP contribution is 2.13. The Labute approximate surface area is 191 Å². The number of allylic oxidation sites excluding steroid dienone is 1. The minimum absolute atomic E-state index is 0.0159. The van der Waals surface area contributed by atoms with Crippen molar-refractivity contribution >= 4 is 17.7 Å². The summed E-state index contributed by atoms with van der Waals surface area (Å²) >= 11 is 0. The van der Waals surface area contributed by atoms with E-state index in [0.717, 1.165) is 24.1 Å². The smallest absolute Gasteiger partial charge is 0.240 e. The molecule has 0 unspecified atom stereocenters. The minimum atomic E-state index is 0.0159. The summed E-state index contributed by atoms with van der Waals surface area (Å²) in [6, 6.07) is 10.1. The van der Waals surface area contributed by atoms with Gasteiger partial charge < -0.3 is 0 Å². The van der Waals surface area contributed by atoms with Crippen LogP contribution in [0, 0.1) is 0 Å². The molecular formula is C28H46N2O. The molecule has 0 heterocycles. The van der Waals surface area contributed by atoms with Gasteiger partial charge in [-0.3, -0.25) is 4.79 Å². The fourth-order valence-electron chi connectivity index (χ4n) is 3.68. The maximum absolute atomic E-state index is 11.9. The normalized spacial score (nSPS) is 11.9. The fourth-order valence-corrected chi connectivity index (χ4v) is 3.68. The van der Waals surface area contributed by atoms with Crippen molar-refractivity contribution in [1.82, 2.24) is 5.43 Å². The topological polar surface area (TPSA) is 41.5 Å². The van der Waals surface area contributed by atoms with Gasteiger partial charge in [-0.2, -0.15) is 5.10 Å². The van der Waals surface area contributed by atoms with Gasteiger partial charge in [0.15, 0.2) is 0 Å². The van der Waals surface area contributed by atoms with Gasteiger partial charge in [-0.25, -0.2) is 5.43 Å². The molecule has 1 N–H and O–H groups in total. The molecule has 0 aromatic heterocycles. The van der Waals surface area contributed by atoms with E-state index < -0.39 is 0 Å². The fraction of sp³-hybridized carbons (Fsp3) is 0.643. The van der Waals surface area contributed by atoms with E-state index in [-0.39, 0.29) is 5.91 Å². The molecule has 1 aromatic rings. The monoisotopic (exact) mass is 426 g/mol. The molecule has 1 rings (SSSR count). The third kappa shape index (κ3) is 17.5. The molecule has 0 aliphatic carbocycles. The highest BCUT2D eigenvalue weighted by Gasteiger charge is 2.00. The average Bonchev–Trinajstić information content (AvgIpc) is 2.79. The number of nitrogens with one attached hydrogen (secondary N) is 1. The first kappa shape index (κ1) is 27.1. The van der Waals surface area contributed by atoms with Crippen molar-refractivity contribution in [3.8, 4) is 0 Å². The van der Waals surface area contributed by atoms with E-state index in [4.69, 9.17) is 0 Å². The highest BCUT2D eigenvalue weighted by atomic mass is 16.2. The van der Waals surface area contributed by atoms with Crippen LogP contribution in [0.1, 0.15) is 122 Å². The van der Waals surface area contributed by atoms with Crippen molar-refractivity contribution in [3.05, 3.63) is 42.0 Å². The zero-order valence-corrected chi connectivity index (χ0v) is 20.2. The molecule has 0 aliphatic heterocycles. The number of hydrogen-bond donors (Lipinski definition) is 1. The lowest BCUT2D eigenvalue weighted by Crippen LogP contribution is -2.18. The molecule has 3 heteroatoms. The van der Waals surface area contributed by atoms with Crippen LogP contribution >= 0.6 is 0 Å². The highest BCUT2D eigenvalue weighted by molar-refractivity contribution is 5.96. The van der Waals surface area contributed by atoms with Crippen LogP contribution in [0.2, 0.25) is 0 Å². The Bertz CT molecular complexity index is 607. The molecule has 31 heavy (non-hydrogen) atoms. The third-order valence-electron chi connectivity index (χ3n) is 5.68. The van der Waals surface area contributed by atoms with E-state index in [9.17, 15) is 4.79 Å². The van der Waals surface area contributed by atoms with Gasteiger partial charge in [-0.15, -0.1) is 0 Å². The van der Waals surface area contributed by atoms with Crippen molar-refractivity contribution in [1.29, 1.82) is 0 Å². The first-order chi connectivity index (χ1) is 15.2. The second kappa shape index (κ2) is 20.0. The lowest BCUT2D eigenvalue weighted by atomic mass is 10.0. The Morgan fingerprint density at radius 1 is 0.774 bits per heavy atom. The van der Waals surface area contributed by atoms with E-state index in [1.165, 1.54) is 83.5 Å². The van der Waals surface area contributed by atoms with Crippen molar-refractivity contribution in [3.63, 3.8) is 0 Å². The Kier molecular flexibility index (Phi) is 17.5. The minimum Gasteiger partial charge on any atom is -0.273 e. The van der Waals surface area contributed by atoms with Gasteiger partial charge in [0, 0.05) is 6.42 Å². The van der Waals surface area contributed by atoms with E-state index in [2.05, 4.69) is 17.5 Å². The van der Waals surface area contributed by atoms with Gasteiger partial charge in [0.05, 0.1) is 5.71 Å². The van der Waals surface area contributed by atoms with E-state index in [0.29, 0.717) is 6.42 Å². The zero-order chi connectivity index (χ0) is 22.4. The molecule has 0 aliphatic rings. The number of unbranched alkanes of at least 4 members (excludes halogenated alkanes) is 14. The summed E-state index contributed by atoms with van der Waals surface area (Å²) < 4.78 is 0. The summed E-state index contributed by atoms with van der Waals surface area (Å²) in [7, 11) is 0. The van der Waals surface area contributed by atoms with Gasteiger partial charge in [-0.05, 0) is 25.0 Å². The predicted molar refractivity (Wildman–Crippen MR) is 136 cm³/mol. The van der Waals surface area contributed by atoms with Gasteiger partial charge in [0.1, 0.15) is 0 Å². The van der Waals surface area contributed by atoms with Crippen LogP contribution in [0.3, 0.4) is 0 Å². The molecule has 174 valence electrons. The van der Waals surface area contributed by atoms with Crippen LogP contribution < -0.4 is 5.43 Å². The van der Waals surface area contributed by atoms with Crippen LogP contribution in [-0.2, 0) is 4.79 Å². The molecule has 0 bridgehead atoms. The maximum Gasteiger partial charge on any atom is 0.240 e. The molecule has 3 nitrogen and oxygen atoms in total. The summed E-state index contributed by atoms with van der Waals surface area (Å²) in [5.41, 5.74) is 4.59. The number of hydrazone groups is 1. The first-order valence-electron chi connectivity index (χ1n) is 12.8. The summed E-state index contributed by atoms with van der Waals surface area (Å²) in [6.45, 7) is 4.17. The van der Waals surface area contributed by atoms with Gasteiger partial charge in [0.25, 0.3) is 0 Å². The second-order valence-corrected chi connectivity index (χ2v) is 8.73. The second-order valence-electron chi connectivity index (χ2n) is 8.73. The molecule has 1 aromatic carbocycles. The number of amides is 1. The lowest BCUT2D eigenvalue weighted by Gasteiger charge is -2.03. The summed E-state index contributed by atoms with van der Waals surface area (Å²) in [4.78, 5) is 11.9. The number of benzene rings is 1. The molecule has 0 spiro atoms. The predicted octanol–water partition coefficient (Wildman–Crippen LogP) is 8.45. The maximum atomic E-state index is 11.9. The largest absolute Gasteiger partial charge is 0.273 e. The molecule has 0 atom stereocenters. The average molecular weight is 427 g/mol. The standard InChI is InChI=1S/C28H46N2O/c1-3-4-5-6-7-8-9-10-11-12-13-14-15-16-20-23-28(31)30-29-26(2)24-25-27-21-18-17-19-22-27/h17-19,21-22,24-25H,3-16,20,23H2,1-2H3,(H,30,31). The van der Waals surface area contributed by atoms with E-state index in [1.54, 1.807) is 0 Å². The number of carbonyl (C=O) groups is 1. The summed E-state index contributed by atoms with van der Waals surface area (Å²) in [5, 5.41) is 4.16. The third-order valence-corrected chi connectivity index (χ3v) is 5.68. The molecule has 0 fully saturated rings. The first-order valence-corrected chi connectivity index (χ1v) is 12.8.